The van der Waals surface area contributed by atoms with Gasteiger partial charge in [-0.3, -0.25) is 0 Å². The Morgan fingerprint density at radius 2 is 1.83 bits per heavy atom. The fourth-order valence-electron chi connectivity index (χ4n) is 2.16. The third kappa shape index (κ3) is 2.83. The lowest BCUT2D eigenvalue weighted by Crippen LogP contribution is -2.02. The van der Waals surface area contributed by atoms with Gasteiger partial charge in [-0.25, -0.2) is 8.78 Å². The summed E-state index contributed by atoms with van der Waals surface area (Å²) in [6.45, 7) is 0.138. The Balaban J connectivity index is 1.59. The maximum Gasteiger partial charge on any atom is 0.235 e. The average Bonchev–Trinajstić information content (AvgIpc) is 3.15. The minimum atomic E-state index is -0.327. The van der Waals surface area contributed by atoms with E-state index in [0.717, 1.165) is 0 Å². The normalized spacial score (nSPS) is 11.1. The number of hydrogen-bond acceptors (Lipinski definition) is 5. The molecule has 0 saturated heterocycles. The second-order valence-corrected chi connectivity index (χ2v) is 5.93. The molecule has 24 heavy (non-hydrogen) atoms. The molecule has 5 nitrogen and oxygen atoms in total. The van der Waals surface area contributed by atoms with Crippen LogP contribution < -0.4 is 4.74 Å². The zero-order valence-electron chi connectivity index (χ0n) is 12.2. The summed E-state index contributed by atoms with van der Waals surface area (Å²) in [5, 5.41) is 13.1. The Labute approximate surface area is 139 Å². The van der Waals surface area contributed by atoms with Crippen molar-refractivity contribution >= 4 is 16.3 Å². The van der Waals surface area contributed by atoms with Crippen LogP contribution in [0.15, 0.2) is 48.5 Å². The van der Waals surface area contributed by atoms with Gasteiger partial charge in [-0.15, -0.1) is 10.2 Å². The van der Waals surface area contributed by atoms with E-state index < -0.39 is 0 Å². The first kappa shape index (κ1) is 14.7. The van der Waals surface area contributed by atoms with Crippen LogP contribution in [0.4, 0.5) is 8.78 Å². The van der Waals surface area contributed by atoms with Crippen molar-refractivity contribution in [3.05, 3.63) is 66.0 Å². The molecule has 0 fully saturated rings. The highest BCUT2D eigenvalue weighted by Gasteiger charge is 2.13. The highest BCUT2D eigenvalue weighted by Crippen LogP contribution is 2.26. The molecule has 2 aromatic heterocycles. The van der Waals surface area contributed by atoms with Crippen molar-refractivity contribution in [2.75, 3.05) is 0 Å². The number of ether oxygens (including phenoxy) is 1. The number of halogens is 2. The topological polar surface area (TPSA) is 52.3 Å². The molecule has 0 aliphatic rings. The Morgan fingerprint density at radius 3 is 2.62 bits per heavy atom. The molecule has 0 N–H and O–H groups in total. The first-order valence-corrected chi connectivity index (χ1v) is 7.86. The highest BCUT2D eigenvalue weighted by atomic mass is 32.1. The standard InChI is InChI=1S/C16H10F2N4OS/c17-11-4-6-13(7-5-11)23-9-14-19-20-16-22(14)21-15(24-16)10-2-1-3-12(18)8-10/h1-8H,9H2. The Bertz CT molecular complexity index is 997. The quantitative estimate of drug-likeness (QED) is 0.566. The molecular formula is C16H10F2N4OS. The van der Waals surface area contributed by atoms with E-state index in [1.807, 2.05) is 0 Å². The van der Waals surface area contributed by atoms with E-state index in [4.69, 9.17) is 4.74 Å². The van der Waals surface area contributed by atoms with Crippen molar-refractivity contribution in [1.82, 2.24) is 19.8 Å². The second kappa shape index (κ2) is 5.97. The van der Waals surface area contributed by atoms with Crippen LogP contribution in [0.5, 0.6) is 5.75 Å². The Morgan fingerprint density at radius 1 is 1.00 bits per heavy atom. The van der Waals surface area contributed by atoms with Crippen molar-refractivity contribution in [3.8, 4) is 16.3 Å². The zero-order valence-corrected chi connectivity index (χ0v) is 13.0. The van der Waals surface area contributed by atoms with E-state index in [-0.39, 0.29) is 18.2 Å². The van der Waals surface area contributed by atoms with Gasteiger partial charge in [-0.2, -0.15) is 9.61 Å². The van der Waals surface area contributed by atoms with Gasteiger partial charge in [0.25, 0.3) is 0 Å². The molecular weight excluding hydrogens is 334 g/mol. The number of fused-ring (bicyclic) bond motifs is 1. The largest absolute Gasteiger partial charge is 0.486 e. The molecule has 4 rings (SSSR count). The lowest BCUT2D eigenvalue weighted by molar-refractivity contribution is 0.292. The Kier molecular flexibility index (Phi) is 3.66. The highest BCUT2D eigenvalue weighted by molar-refractivity contribution is 7.19. The molecule has 120 valence electrons. The third-order valence-corrected chi connectivity index (χ3v) is 4.26. The summed E-state index contributed by atoms with van der Waals surface area (Å²) in [7, 11) is 0. The minimum Gasteiger partial charge on any atom is -0.486 e. The molecule has 0 amide bonds. The van der Waals surface area contributed by atoms with Gasteiger partial charge in [0, 0.05) is 5.56 Å². The number of nitrogens with zero attached hydrogens (tertiary/aromatic N) is 4. The molecule has 8 heteroatoms. The lowest BCUT2D eigenvalue weighted by Gasteiger charge is -2.03. The lowest BCUT2D eigenvalue weighted by atomic mass is 10.2. The predicted molar refractivity (Wildman–Crippen MR) is 84.8 cm³/mol. The SMILES string of the molecule is Fc1ccc(OCc2nnc3sc(-c4cccc(F)c4)nn23)cc1. The van der Waals surface area contributed by atoms with Crippen LogP contribution in [-0.4, -0.2) is 19.8 Å². The van der Waals surface area contributed by atoms with Gasteiger partial charge in [-0.05, 0) is 36.4 Å². The monoisotopic (exact) mass is 344 g/mol. The molecule has 0 saturated carbocycles. The van der Waals surface area contributed by atoms with E-state index in [1.165, 1.54) is 47.7 Å². The molecule has 4 aromatic rings. The number of benzene rings is 2. The first-order valence-electron chi connectivity index (χ1n) is 7.04. The smallest absolute Gasteiger partial charge is 0.235 e. The first-order chi connectivity index (χ1) is 11.7. The minimum absolute atomic E-state index is 0.138. The van der Waals surface area contributed by atoms with Crippen LogP contribution in [0, 0.1) is 11.6 Å². The zero-order chi connectivity index (χ0) is 16.5. The van der Waals surface area contributed by atoms with E-state index >= 15 is 0 Å². The van der Waals surface area contributed by atoms with Gasteiger partial charge < -0.3 is 4.74 Å². The fraction of sp³-hybridized carbons (Fsp3) is 0.0625. The number of rotatable bonds is 4. The molecule has 0 spiro atoms. The summed E-state index contributed by atoms with van der Waals surface area (Å²) >= 11 is 1.31. The molecule has 0 aliphatic carbocycles. The molecule has 2 heterocycles. The maximum absolute atomic E-state index is 13.3. The van der Waals surface area contributed by atoms with Gasteiger partial charge in [-0.1, -0.05) is 23.5 Å². The number of aromatic nitrogens is 4. The summed E-state index contributed by atoms with van der Waals surface area (Å²) in [6, 6.07) is 11.9. The summed E-state index contributed by atoms with van der Waals surface area (Å²) in [6.07, 6.45) is 0. The van der Waals surface area contributed by atoms with Crippen molar-refractivity contribution in [1.29, 1.82) is 0 Å². The van der Waals surface area contributed by atoms with E-state index in [1.54, 1.807) is 16.6 Å². The molecule has 0 aliphatic heterocycles. The van der Waals surface area contributed by atoms with Crippen LogP contribution in [0.25, 0.3) is 15.5 Å². The van der Waals surface area contributed by atoms with E-state index in [0.29, 0.717) is 27.1 Å². The van der Waals surface area contributed by atoms with E-state index in [2.05, 4.69) is 15.3 Å². The molecule has 0 radical (unpaired) electrons. The summed E-state index contributed by atoms with van der Waals surface area (Å²) in [4.78, 5) is 0.590. The van der Waals surface area contributed by atoms with Crippen LogP contribution in [0.2, 0.25) is 0 Å². The van der Waals surface area contributed by atoms with Gasteiger partial charge in [0.2, 0.25) is 4.96 Å². The predicted octanol–water partition coefficient (Wildman–Crippen LogP) is 3.71. The van der Waals surface area contributed by atoms with Crippen LogP contribution in [0.1, 0.15) is 5.82 Å². The van der Waals surface area contributed by atoms with E-state index in [9.17, 15) is 8.78 Å². The summed E-state index contributed by atoms with van der Waals surface area (Å²) in [5.74, 6) is 0.381. The van der Waals surface area contributed by atoms with Crippen molar-refractivity contribution in [2.24, 2.45) is 0 Å². The average molecular weight is 344 g/mol. The van der Waals surface area contributed by atoms with Gasteiger partial charge in [0.05, 0.1) is 0 Å². The van der Waals surface area contributed by atoms with Crippen molar-refractivity contribution < 1.29 is 13.5 Å². The van der Waals surface area contributed by atoms with Crippen molar-refractivity contribution in [3.63, 3.8) is 0 Å². The third-order valence-electron chi connectivity index (χ3n) is 3.31. The molecule has 0 atom stereocenters. The molecule has 0 bridgehead atoms. The fourth-order valence-corrected chi connectivity index (χ4v) is 3.02. The van der Waals surface area contributed by atoms with Crippen LogP contribution >= 0.6 is 11.3 Å². The number of hydrogen-bond donors (Lipinski definition) is 0. The van der Waals surface area contributed by atoms with Gasteiger partial charge in [0.1, 0.15) is 29.0 Å². The summed E-state index contributed by atoms with van der Waals surface area (Å²) in [5.41, 5.74) is 0.677. The Hall–Kier alpha value is -2.87. The maximum atomic E-state index is 13.3. The van der Waals surface area contributed by atoms with Crippen LogP contribution in [0.3, 0.4) is 0 Å². The summed E-state index contributed by atoms with van der Waals surface area (Å²) < 4.78 is 33.4. The van der Waals surface area contributed by atoms with Gasteiger partial charge in [0.15, 0.2) is 5.82 Å². The van der Waals surface area contributed by atoms with Gasteiger partial charge >= 0.3 is 0 Å². The van der Waals surface area contributed by atoms with Crippen LogP contribution in [-0.2, 0) is 6.61 Å². The second-order valence-electron chi connectivity index (χ2n) is 4.97. The molecule has 0 unspecified atom stereocenters. The van der Waals surface area contributed by atoms with Crippen molar-refractivity contribution in [2.45, 2.75) is 6.61 Å². The molecule has 2 aromatic carbocycles.